The molecule has 0 heterocycles. The van der Waals surface area contributed by atoms with Crippen LogP contribution in [0.4, 0.5) is 0 Å². The molecule has 0 aliphatic heterocycles. The fraction of sp³-hybridized carbons (Fsp3) is 1.00. The van der Waals surface area contributed by atoms with Crippen LogP contribution < -0.4 is 0 Å². The van der Waals surface area contributed by atoms with Gasteiger partial charge >= 0.3 is 0 Å². The van der Waals surface area contributed by atoms with Gasteiger partial charge < -0.3 is 9.63 Å². The monoisotopic (exact) mass is 190 g/mol. The molecule has 0 rings (SSSR count). The summed E-state index contributed by atoms with van der Waals surface area (Å²) in [7, 11) is 1.82. The molecule has 0 bridgehead atoms. The van der Waals surface area contributed by atoms with Crippen LogP contribution in [0.15, 0.2) is 0 Å². The second kappa shape index (κ2) is 80.6. The van der Waals surface area contributed by atoms with Gasteiger partial charge in [0.25, 0.3) is 0 Å². The van der Waals surface area contributed by atoms with E-state index in [1.165, 1.54) is 0 Å². The van der Waals surface area contributed by atoms with Crippen LogP contribution in [0.3, 0.4) is 0 Å². The van der Waals surface area contributed by atoms with E-state index in [1.807, 2.05) is 0 Å². The molecule has 0 spiro atoms. The first-order valence-corrected chi connectivity index (χ1v) is 2.40. The van der Waals surface area contributed by atoms with E-state index in [-0.39, 0.29) is 59.7 Å². The average Bonchev–Trinajstić information content (AvgIpc) is 1.41. The molecular weight excluding hydrogens is 159 g/mol. The second-order valence-corrected chi connectivity index (χ2v) is 1.52. The molecule has 0 radical (unpaired) electrons. The normalized spacial score (nSPS) is 4.91. The lowest BCUT2D eigenvalue weighted by Gasteiger charge is -1.84. The highest BCUT2D eigenvalue weighted by Crippen LogP contribution is 2.03. The molecule has 1 N–H and O–H groups in total. The van der Waals surface area contributed by atoms with Crippen LogP contribution in [0.25, 0.3) is 0 Å². The van der Waals surface area contributed by atoms with Crippen molar-refractivity contribution in [1.29, 1.82) is 0 Å². The first-order chi connectivity index (χ1) is 2.41. The summed E-state index contributed by atoms with van der Waals surface area (Å²) in [5.41, 5.74) is 0. The molecule has 11 heavy (non-hydrogen) atoms. The molecule has 0 amide bonds. The minimum Gasteiger partial charge on any atom is -0.390 e. The molecule has 0 aliphatic carbocycles. The Morgan fingerprint density at radius 3 is 1.27 bits per heavy atom. The Labute approximate surface area is 77.2 Å². The topological polar surface area (TPSA) is 29.5 Å². The third-order valence-corrected chi connectivity index (χ3v) is 0.627. The molecule has 2 nitrogen and oxygen atoms in total. The smallest absolute Gasteiger partial charge is 0.0844 e. The Bertz CT molecular complexity index is 19.6. The molecule has 0 aromatic rings. The van der Waals surface area contributed by atoms with Crippen LogP contribution in [0, 0.1) is 0 Å². The van der Waals surface area contributed by atoms with Gasteiger partial charge in [0, 0.05) is 15.9 Å². The molecule has 1 unspecified atom stereocenters. The minimum absolute atomic E-state index is 0. The molecule has 0 aromatic heterocycles. The predicted octanol–water partition coefficient (Wildman–Crippen LogP) is 3.99. The minimum atomic E-state index is 0. The van der Waals surface area contributed by atoms with E-state index < -0.39 is 0 Å². The summed E-state index contributed by atoms with van der Waals surface area (Å²) in [6.45, 7) is 0. The molecule has 0 aromatic carbocycles. The van der Waals surface area contributed by atoms with Gasteiger partial charge in [0.1, 0.15) is 0 Å². The van der Waals surface area contributed by atoms with Gasteiger partial charge in [-0.15, -0.1) is 0 Å². The molecular formula is C8H31O2P. The zero-order chi connectivity index (χ0) is 4.12. The quantitative estimate of drug-likeness (QED) is 0.667. The SMILES string of the molecule is C.C.C.C.C.C.COPCO. The van der Waals surface area contributed by atoms with Crippen molar-refractivity contribution in [2.75, 3.05) is 13.5 Å². The van der Waals surface area contributed by atoms with Crippen LogP contribution in [0.1, 0.15) is 44.6 Å². The van der Waals surface area contributed by atoms with Crippen molar-refractivity contribution in [3.63, 3.8) is 0 Å². The van der Waals surface area contributed by atoms with Gasteiger partial charge in [-0.05, 0) is 0 Å². The van der Waals surface area contributed by atoms with Crippen LogP contribution >= 0.6 is 8.81 Å². The number of hydrogen-bond acceptors (Lipinski definition) is 2. The fourth-order valence-electron chi connectivity index (χ4n) is 0.0645. The summed E-state index contributed by atoms with van der Waals surface area (Å²) in [5, 5.41) is 7.95. The maximum Gasteiger partial charge on any atom is 0.0844 e. The molecule has 0 saturated carbocycles. The first-order valence-electron chi connectivity index (χ1n) is 1.28. The average molecular weight is 190 g/mol. The number of rotatable bonds is 2. The standard InChI is InChI=1S/C2H7O2P.6CH4/c1-4-5-2-3;;;;;;/h3,5H,2H2,1H3;6*1H4. The van der Waals surface area contributed by atoms with Crippen molar-refractivity contribution in [3.05, 3.63) is 0 Å². The Balaban J connectivity index is -0.00000000533. The van der Waals surface area contributed by atoms with Gasteiger partial charge in [-0.1, -0.05) is 44.6 Å². The number of aliphatic hydroxyl groups excluding tert-OH is 1. The van der Waals surface area contributed by atoms with E-state index in [0.717, 1.165) is 0 Å². The summed E-state index contributed by atoms with van der Waals surface area (Å²) < 4.78 is 4.47. The summed E-state index contributed by atoms with van der Waals surface area (Å²) in [4.78, 5) is 0. The Morgan fingerprint density at radius 2 is 1.27 bits per heavy atom. The van der Waals surface area contributed by atoms with Crippen molar-refractivity contribution in [2.24, 2.45) is 0 Å². The molecule has 0 saturated heterocycles. The van der Waals surface area contributed by atoms with E-state index in [9.17, 15) is 0 Å². The fourth-order valence-corrected chi connectivity index (χ4v) is 0.194. The third kappa shape index (κ3) is 131. The molecule has 1 atom stereocenters. The third-order valence-electron chi connectivity index (χ3n) is 0.209. The van der Waals surface area contributed by atoms with Crippen LogP contribution in [0.5, 0.6) is 0 Å². The van der Waals surface area contributed by atoms with E-state index in [4.69, 9.17) is 5.11 Å². The molecule has 80 valence electrons. The van der Waals surface area contributed by atoms with Gasteiger partial charge in [-0.25, -0.2) is 0 Å². The number of aliphatic hydroxyl groups is 1. The summed E-state index contributed by atoms with van der Waals surface area (Å²) in [5.74, 6) is 0. The van der Waals surface area contributed by atoms with Crippen molar-refractivity contribution in [1.82, 2.24) is 0 Å². The molecule has 0 fully saturated rings. The highest BCUT2D eigenvalue weighted by Gasteiger charge is 1.67. The first kappa shape index (κ1) is 64.3. The Hall–Kier alpha value is 0.350. The van der Waals surface area contributed by atoms with Crippen LogP contribution in [-0.2, 0) is 4.52 Å². The van der Waals surface area contributed by atoms with Crippen molar-refractivity contribution in [2.45, 2.75) is 44.6 Å². The van der Waals surface area contributed by atoms with Crippen LogP contribution in [-0.4, -0.2) is 18.6 Å². The van der Waals surface area contributed by atoms with Crippen molar-refractivity contribution >= 4 is 8.81 Å². The van der Waals surface area contributed by atoms with Crippen molar-refractivity contribution in [3.8, 4) is 0 Å². The zero-order valence-corrected chi connectivity index (χ0v) is 4.06. The lowest BCUT2D eigenvalue weighted by Crippen LogP contribution is -1.65. The van der Waals surface area contributed by atoms with E-state index in [2.05, 4.69) is 4.52 Å². The van der Waals surface area contributed by atoms with Gasteiger partial charge in [-0.3, -0.25) is 0 Å². The molecule has 3 heteroatoms. The van der Waals surface area contributed by atoms with Gasteiger partial charge in [0.05, 0.1) is 6.35 Å². The maximum atomic E-state index is 7.95. The Kier molecular flexibility index (Phi) is 471. The lowest BCUT2D eigenvalue weighted by atomic mass is 11.7. The highest BCUT2D eigenvalue weighted by molar-refractivity contribution is 7.31. The zero-order valence-electron chi connectivity index (χ0n) is 3.06. The maximum absolute atomic E-state index is 7.95. The summed E-state index contributed by atoms with van der Waals surface area (Å²) in [6.07, 6.45) is 0.149. The second-order valence-electron chi connectivity index (χ2n) is 0.507. The van der Waals surface area contributed by atoms with E-state index in [1.54, 1.807) is 7.11 Å². The Morgan fingerprint density at radius 1 is 1.00 bits per heavy atom. The van der Waals surface area contributed by atoms with Crippen LogP contribution in [0.2, 0.25) is 0 Å². The van der Waals surface area contributed by atoms with Gasteiger partial charge in [0.15, 0.2) is 0 Å². The predicted molar refractivity (Wildman–Crippen MR) is 62.8 cm³/mol. The highest BCUT2D eigenvalue weighted by atomic mass is 31.1. The van der Waals surface area contributed by atoms with Gasteiger partial charge in [-0.2, -0.15) is 0 Å². The van der Waals surface area contributed by atoms with E-state index in [0.29, 0.717) is 0 Å². The van der Waals surface area contributed by atoms with Gasteiger partial charge in [0.2, 0.25) is 0 Å². The largest absolute Gasteiger partial charge is 0.390 e. The van der Waals surface area contributed by atoms with E-state index >= 15 is 0 Å². The van der Waals surface area contributed by atoms with Crippen molar-refractivity contribution < 1.29 is 9.63 Å². The summed E-state index contributed by atoms with van der Waals surface area (Å²) >= 11 is 0. The molecule has 0 aliphatic rings. The number of hydrogen-bond donors (Lipinski definition) is 1. The summed E-state index contributed by atoms with van der Waals surface area (Å²) in [6, 6.07) is 0. The lowest BCUT2D eigenvalue weighted by molar-refractivity contribution is 0.350.